The molecule has 0 aromatic heterocycles. The Hall–Kier alpha value is -0.980. The summed E-state index contributed by atoms with van der Waals surface area (Å²) in [6.45, 7) is 4.06. The van der Waals surface area contributed by atoms with Gasteiger partial charge in [-0.2, -0.15) is 0 Å². The third-order valence-corrected chi connectivity index (χ3v) is 2.83. The first-order chi connectivity index (χ1) is 7.41. The third kappa shape index (κ3) is 2.58. The van der Waals surface area contributed by atoms with E-state index in [2.05, 4.69) is 5.32 Å². The minimum Gasteiger partial charge on any atom is -0.355 e. The second kappa shape index (κ2) is 4.90. The highest BCUT2D eigenvalue weighted by atomic mass is 16.7. The first-order valence-corrected chi connectivity index (χ1v) is 5.06. The summed E-state index contributed by atoms with van der Waals surface area (Å²) in [6.07, 6.45) is -0.446. The monoisotopic (exact) mass is 230 g/mol. The van der Waals surface area contributed by atoms with Crippen LogP contribution in [-0.4, -0.2) is 55.9 Å². The molecule has 1 N–H and O–H groups in total. The predicted molar refractivity (Wildman–Crippen MR) is 56.6 cm³/mol. The number of carbonyl (C=O) groups excluding carboxylic acids is 2. The average Bonchev–Trinajstić information content (AvgIpc) is 2.21. The molecule has 1 rings (SSSR count). The maximum absolute atomic E-state index is 11.6. The van der Waals surface area contributed by atoms with E-state index in [4.69, 9.17) is 9.47 Å². The number of piperazine rings is 1. The van der Waals surface area contributed by atoms with Gasteiger partial charge in [0.15, 0.2) is 6.29 Å². The summed E-state index contributed by atoms with van der Waals surface area (Å²) < 4.78 is 10.1. The van der Waals surface area contributed by atoms with Gasteiger partial charge in [-0.05, 0) is 13.8 Å². The van der Waals surface area contributed by atoms with E-state index in [-0.39, 0.29) is 18.4 Å². The van der Waals surface area contributed by atoms with Gasteiger partial charge in [0, 0.05) is 14.2 Å². The zero-order chi connectivity index (χ0) is 12.3. The fourth-order valence-electron chi connectivity index (χ4n) is 1.55. The highest BCUT2D eigenvalue weighted by Gasteiger charge is 2.41. The highest BCUT2D eigenvalue weighted by molar-refractivity contribution is 6.02. The minimum atomic E-state index is -0.733. The molecule has 0 aromatic rings. The Bertz CT molecular complexity index is 287. The van der Waals surface area contributed by atoms with E-state index in [1.54, 1.807) is 18.7 Å². The molecule has 16 heavy (non-hydrogen) atoms. The molecule has 0 bridgehead atoms. The summed E-state index contributed by atoms with van der Waals surface area (Å²) in [6, 6.07) is 0. The zero-order valence-corrected chi connectivity index (χ0v) is 10.1. The van der Waals surface area contributed by atoms with E-state index in [9.17, 15) is 9.59 Å². The van der Waals surface area contributed by atoms with Crippen LogP contribution in [0.2, 0.25) is 0 Å². The Morgan fingerprint density at radius 1 is 1.38 bits per heavy atom. The summed E-state index contributed by atoms with van der Waals surface area (Å²) in [4.78, 5) is 24.7. The summed E-state index contributed by atoms with van der Waals surface area (Å²) in [7, 11) is 3.04. The molecule has 1 saturated heterocycles. The van der Waals surface area contributed by atoms with Crippen LogP contribution in [0.3, 0.4) is 0 Å². The fraction of sp³-hybridized carbons (Fsp3) is 0.800. The number of nitrogens with one attached hydrogen (secondary N) is 1. The smallest absolute Gasteiger partial charge is 0.246 e. The summed E-state index contributed by atoms with van der Waals surface area (Å²) in [5.74, 6) is -0.593. The van der Waals surface area contributed by atoms with Gasteiger partial charge in [-0.15, -0.1) is 0 Å². The lowest BCUT2D eigenvalue weighted by Gasteiger charge is -2.41. The number of amides is 2. The Balaban J connectivity index is 2.75. The van der Waals surface area contributed by atoms with Crippen LogP contribution >= 0.6 is 0 Å². The number of hydrogen-bond donors (Lipinski definition) is 1. The number of rotatable bonds is 4. The number of carbonyl (C=O) groups is 2. The highest BCUT2D eigenvalue weighted by Crippen LogP contribution is 2.18. The Labute approximate surface area is 94.9 Å². The van der Waals surface area contributed by atoms with Gasteiger partial charge in [0.1, 0.15) is 0 Å². The molecule has 6 nitrogen and oxygen atoms in total. The van der Waals surface area contributed by atoms with E-state index in [1.807, 2.05) is 0 Å². The first kappa shape index (κ1) is 13.1. The van der Waals surface area contributed by atoms with Crippen molar-refractivity contribution in [2.75, 3.05) is 27.3 Å². The average molecular weight is 230 g/mol. The molecule has 0 aromatic carbocycles. The Morgan fingerprint density at radius 3 is 2.44 bits per heavy atom. The van der Waals surface area contributed by atoms with Crippen molar-refractivity contribution >= 4 is 11.8 Å². The molecule has 0 atom stereocenters. The second-order valence-corrected chi connectivity index (χ2v) is 4.22. The first-order valence-electron chi connectivity index (χ1n) is 5.06. The molecule has 0 saturated carbocycles. The number of methoxy groups -OCH3 is 2. The molecule has 1 heterocycles. The Morgan fingerprint density at radius 2 is 1.94 bits per heavy atom. The van der Waals surface area contributed by atoms with Crippen LogP contribution in [0.5, 0.6) is 0 Å². The summed E-state index contributed by atoms with van der Waals surface area (Å²) in [5, 5.41) is 2.31. The zero-order valence-electron chi connectivity index (χ0n) is 10.1. The number of ether oxygens (including phenoxy) is 2. The molecule has 0 aliphatic carbocycles. The number of hydrogen-bond acceptors (Lipinski definition) is 5. The number of nitrogens with zero attached hydrogens (tertiary/aromatic N) is 1. The van der Waals surface area contributed by atoms with Gasteiger partial charge in [-0.3, -0.25) is 19.8 Å². The lowest BCUT2D eigenvalue weighted by atomic mass is 9.99. The lowest BCUT2D eigenvalue weighted by Crippen LogP contribution is -2.65. The van der Waals surface area contributed by atoms with Crippen LogP contribution in [0, 0.1) is 0 Å². The van der Waals surface area contributed by atoms with E-state index >= 15 is 0 Å². The standard InChI is InChI=1S/C10H18N2O4/c1-10(2)9(14)11-7(13)5-12(10)6-8(15-3)16-4/h8H,5-6H2,1-4H3,(H,11,13,14). The predicted octanol–water partition coefficient (Wildman–Crippen LogP) is -0.658. The van der Waals surface area contributed by atoms with Crippen molar-refractivity contribution < 1.29 is 19.1 Å². The van der Waals surface area contributed by atoms with Crippen LogP contribution < -0.4 is 5.32 Å². The van der Waals surface area contributed by atoms with Crippen molar-refractivity contribution in [3.8, 4) is 0 Å². The molecule has 0 radical (unpaired) electrons. The van der Waals surface area contributed by atoms with Crippen LogP contribution in [0.4, 0.5) is 0 Å². The van der Waals surface area contributed by atoms with E-state index in [0.29, 0.717) is 6.54 Å². The molecule has 2 amide bonds. The molecular formula is C10H18N2O4. The van der Waals surface area contributed by atoms with E-state index in [0.717, 1.165) is 0 Å². The molecule has 92 valence electrons. The normalized spacial score (nSPS) is 21.3. The molecule has 0 unspecified atom stereocenters. The van der Waals surface area contributed by atoms with Gasteiger partial charge in [-0.1, -0.05) is 0 Å². The maximum Gasteiger partial charge on any atom is 0.246 e. The largest absolute Gasteiger partial charge is 0.355 e. The molecule has 6 heteroatoms. The second-order valence-electron chi connectivity index (χ2n) is 4.22. The lowest BCUT2D eigenvalue weighted by molar-refractivity contribution is -0.156. The van der Waals surface area contributed by atoms with Gasteiger partial charge in [0.05, 0.1) is 18.6 Å². The van der Waals surface area contributed by atoms with Crippen LogP contribution in [0.1, 0.15) is 13.8 Å². The summed E-state index contributed by atoms with van der Waals surface area (Å²) in [5.41, 5.74) is -0.733. The quantitative estimate of drug-likeness (QED) is 0.513. The molecule has 1 aliphatic rings. The van der Waals surface area contributed by atoms with Crippen molar-refractivity contribution in [3.05, 3.63) is 0 Å². The van der Waals surface area contributed by atoms with Crippen molar-refractivity contribution in [2.24, 2.45) is 0 Å². The van der Waals surface area contributed by atoms with Crippen molar-refractivity contribution in [2.45, 2.75) is 25.7 Å². The van der Waals surface area contributed by atoms with Gasteiger partial charge >= 0.3 is 0 Å². The van der Waals surface area contributed by atoms with Gasteiger partial charge in [0.25, 0.3) is 0 Å². The third-order valence-electron chi connectivity index (χ3n) is 2.83. The van der Waals surface area contributed by atoms with Gasteiger partial charge in [0.2, 0.25) is 11.8 Å². The maximum atomic E-state index is 11.6. The van der Waals surface area contributed by atoms with Crippen molar-refractivity contribution in [1.82, 2.24) is 10.2 Å². The van der Waals surface area contributed by atoms with E-state index in [1.165, 1.54) is 14.2 Å². The van der Waals surface area contributed by atoms with Crippen molar-refractivity contribution in [3.63, 3.8) is 0 Å². The van der Waals surface area contributed by atoms with Crippen molar-refractivity contribution in [1.29, 1.82) is 0 Å². The molecule has 1 fully saturated rings. The number of imide groups is 1. The van der Waals surface area contributed by atoms with Gasteiger partial charge < -0.3 is 9.47 Å². The fourth-order valence-corrected chi connectivity index (χ4v) is 1.55. The summed E-state index contributed by atoms with van der Waals surface area (Å²) >= 11 is 0. The van der Waals surface area contributed by atoms with Gasteiger partial charge in [-0.25, -0.2) is 0 Å². The Kier molecular flexibility index (Phi) is 4.01. The van der Waals surface area contributed by atoms with Crippen LogP contribution in [-0.2, 0) is 19.1 Å². The molecule has 1 aliphatic heterocycles. The van der Waals surface area contributed by atoms with Crippen LogP contribution in [0.25, 0.3) is 0 Å². The van der Waals surface area contributed by atoms with Crippen LogP contribution in [0.15, 0.2) is 0 Å². The molecular weight excluding hydrogens is 212 g/mol. The minimum absolute atomic E-state index is 0.169. The van der Waals surface area contributed by atoms with E-state index < -0.39 is 11.8 Å². The topological polar surface area (TPSA) is 67.9 Å². The molecule has 0 spiro atoms. The SMILES string of the molecule is COC(CN1CC(=O)NC(=O)C1(C)C)OC.